The Hall–Kier alpha value is -2.55. The van der Waals surface area contributed by atoms with Crippen LogP contribution in [0, 0.1) is 0 Å². The molecule has 2 aromatic carbocycles. The first kappa shape index (κ1) is 13.1. The van der Waals surface area contributed by atoms with Gasteiger partial charge in [0.2, 0.25) is 0 Å². The fourth-order valence-corrected chi connectivity index (χ4v) is 3.54. The maximum atomic E-state index is 11.1. The van der Waals surface area contributed by atoms with Crippen LogP contribution in [0.15, 0.2) is 48.5 Å². The number of rotatable bonds is 3. The minimum atomic E-state index is -0.876. The second kappa shape index (κ2) is 5.02. The number of H-pyrrole nitrogens is 1. The summed E-state index contributed by atoms with van der Waals surface area (Å²) in [7, 11) is 0. The molecule has 0 saturated carbocycles. The standard InChI is InChI=1S/C19H17NO2/c21-19(22)18-11-16-15(7-8-17(16)20-18)10-12-5-6-13-3-1-2-4-14(13)9-12/h1-6,9,11,15,20H,7-8,10H2,(H,21,22). The lowest BCUT2D eigenvalue weighted by molar-refractivity contribution is 0.0691. The number of carboxylic acid groups (broad SMARTS) is 1. The zero-order valence-corrected chi connectivity index (χ0v) is 12.2. The number of aromatic nitrogens is 1. The predicted octanol–water partition coefficient (Wildman–Crippen LogP) is 4.14. The summed E-state index contributed by atoms with van der Waals surface area (Å²) >= 11 is 0. The SMILES string of the molecule is O=C(O)c1cc2c([nH]1)CCC2Cc1ccc2ccccc2c1. The molecule has 3 heteroatoms. The van der Waals surface area contributed by atoms with Crippen LogP contribution in [0.2, 0.25) is 0 Å². The van der Waals surface area contributed by atoms with E-state index in [0.29, 0.717) is 11.6 Å². The van der Waals surface area contributed by atoms with Crippen molar-refractivity contribution < 1.29 is 9.90 Å². The molecule has 110 valence electrons. The van der Waals surface area contributed by atoms with Gasteiger partial charge in [-0.2, -0.15) is 0 Å². The van der Waals surface area contributed by atoms with Gasteiger partial charge in [-0.1, -0.05) is 42.5 Å². The Morgan fingerprint density at radius 2 is 1.95 bits per heavy atom. The molecule has 1 heterocycles. The van der Waals surface area contributed by atoms with E-state index in [-0.39, 0.29) is 0 Å². The van der Waals surface area contributed by atoms with Crippen LogP contribution in [0.25, 0.3) is 10.8 Å². The molecule has 0 radical (unpaired) electrons. The maximum absolute atomic E-state index is 11.1. The van der Waals surface area contributed by atoms with Gasteiger partial charge in [0, 0.05) is 5.69 Å². The van der Waals surface area contributed by atoms with Crippen LogP contribution in [0.5, 0.6) is 0 Å². The number of aromatic amines is 1. The monoisotopic (exact) mass is 291 g/mol. The van der Waals surface area contributed by atoms with E-state index < -0.39 is 5.97 Å². The van der Waals surface area contributed by atoms with Gasteiger partial charge in [-0.25, -0.2) is 4.79 Å². The molecule has 2 N–H and O–H groups in total. The minimum Gasteiger partial charge on any atom is -0.477 e. The van der Waals surface area contributed by atoms with Crippen LogP contribution in [0.3, 0.4) is 0 Å². The molecule has 0 fully saturated rings. The van der Waals surface area contributed by atoms with E-state index in [1.165, 1.54) is 21.9 Å². The summed E-state index contributed by atoms with van der Waals surface area (Å²) < 4.78 is 0. The number of benzene rings is 2. The molecular formula is C19H17NO2. The number of nitrogens with one attached hydrogen (secondary N) is 1. The Balaban J connectivity index is 1.63. The summed E-state index contributed by atoms with van der Waals surface area (Å²) in [5.41, 5.74) is 3.91. The van der Waals surface area contributed by atoms with Crippen molar-refractivity contribution in [3.63, 3.8) is 0 Å². The third-order valence-electron chi connectivity index (χ3n) is 4.64. The molecule has 0 aliphatic heterocycles. The van der Waals surface area contributed by atoms with Gasteiger partial charge in [0.15, 0.2) is 0 Å². The number of aromatic carboxylic acids is 1. The van der Waals surface area contributed by atoms with E-state index in [4.69, 9.17) is 5.11 Å². The van der Waals surface area contributed by atoms with Gasteiger partial charge in [0.1, 0.15) is 5.69 Å². The van der Waals surface area contributed by atoms with E-state index >= 15 is 0 Å². The molecule has 1 atom stereocenters. The van der Waals surface area contributed by atoms with Crippen molar-refractivity contribution in [1.29, 1.82) is 0 Å². The van der Waals surface area contributed by atoms with E-state index in [0.717, 1.165) is 25.0 Å². The zero-order chi connectivity index (χ0) is 15.1. The third-order valence-corrected chi connectivity index (χ3v) is 4.64. The first-order valence-electron chi connectivity index (χ1n) is 7.63. The lowest BCUT2D eigenvalue weighted by atomic mass is 9.93. The van der Waals surface area contributed by atoms with Crippen LogP contribution in [0.4, 0.5) is 0 Å². The van der Waals surface area contributed by atoms with Gasteiger partial charge in [0.05, 0.1) is 0 Å². The van der Waals surface area contributed by atoms with Crippen LogP contribution in [-0.2, 0) is 12.8 Å². The topological polar surface area (TPSA) is 53.1 Å². The minimum absolute atomic E-state index is 0.313. The molecule has 0 amide bonds. The Morgan fingerprint density at radius 1 is 1.14 bits per heavy atom. The Labute approximate surface area is 128 Å². The lowest BCUT2D eigenvalue weighted by Gasteiger charge is -2.11. The Bertz CT molecular complexity index is 863. The van der Waals surface area contributed by atoms with Crippen molar-refractivity contribution in [3.05, 3.63) is 71.0 Å². The number of carbonyl (C=O) groups is 1. The summed E-state index contributed by atoms with van der Waals surface area (Å²) in [5.74, 6) is -0.459. The number of hydrogen-bond acceptors (Lipinski definition) is 1. The first-order chi connectivity index (χ1) is 10.7. The number of carboxylic acids is 1. The van der Waals surface area contributed by atoms with Gasteiger partial charge in [-0.05, 0) is 53.1 Å². The molecule has 1 aliphatic rings. The van der Waals surface area contributed by atoms with Gasteiger partial charge in [0.25, 0.3) is 0 Å². The number of fused-ring (bicyclic) bond motifs is 2. The highest BCUT2D eigenvalue weighted by Crippen LogP contribution is 2.36. The van der Waals surface area contributed by atoms with Crippen LogP contribution in [0.1, 0.15) is 39.6 Å². The summed E-state index contributed by atoms with van der Waals surface area (Å²) in [6.07, 6.45) is 3.00. The summed E-state index contributed by atoms with van der Waals surface area (Å²) in [6, 6.07) is 16.8. The highest BCUT2D eigenvalue weighted by atomic mass is 16.4. The van der Waals surface area contributed by atoms with E-state index in [1.54, 1.807) is 0 Å². The number of hydrogen-bond donors (Lipinski definition) is 2. The second-order valence-electron chi connectivity index (χ2n) is 6.04. The summed E-state index contributed by atoms with van der Waals surface area (Å²) in [6.45, 7) is 0. The number of aryl methyl sites for hydroxylation is 1. The molecule has 0 saturated heterocycles. The van der Waals surface area contributed by atoms with Gasteiger partial charge >= 0.3 is 5.97 Å². The molecule has 1 aromatic heterocycles. The predicted molar refractivity (Wildman–Crippen MR) is 86.5 cm³/mol. The maximum Gasteiger partial charge on any atom is 0.352 e. The molecular weight excluding hydrogens is 274 g/mol. The second-order valence-corrected chi connectivity index (χ2v) is 6.04. The van der Waals surface area contributed by atoms with Crippen LogP contribution < -0.4 is 0 Å². The lowest BCUT2D eigenvalue weighted by Crippen LogP contribution is -2.00. The fourth-order valence-electron chi connectivity index (χ4n) is 3.54. The molecule has 3 nitrogen and oxygen atoms in total. The van der Waals surface area contributed by atoms with Gasteiger partial charge < -0.3 is 10.1 Å². The van der Waals surface area contributed by atoms with Crippen LogP contribution >= 0.6 is 0 Å². The first-order valence-corrected chi connectivity index (χ1v) is 7.63. The van der Waals surface area contributed by atoms with Crippen molar-refractivity contribution in [2.24, 2.45) is 0 Å². The van der Waals surface area contributed by atoms with Gasteiger partial charge in [-0.15, -0.1) is 0 Å². The molecule has 0 spiro atoms. The van der Waals surface area contributed by atoms with Gasteiger partial charge in [-0.3, -0.25) is 0 Å². The summed E-state index contributed by atoms with van der Waals surface area (Å²) in [4.78, 5) is 14.1. The van der Waals surface area contributed by atoms with E-state index in [2.05, 4.69) is 47.4 Å². The normalized spacial score (nSPS) is 16.8. The smallest absolute Gasteiger partial charge is 0.352 e. The average molecular weight is 291 g/mol. The molecule has 3 aromatic rings. The zero-order valence-electron chi connectivity index (χ0n) is 12.2. The third kappa shape index (κ3) is 2.19. The average Bonchev–Trinajstić information content (AvgIpc) is 3.09. The highest BCUT2D eigenvalue weighted by Gasteiger charge is 2.26. The summed E-state index contributed by atoms with van der Waals surface area (Å²) in [5, 5.41) is 11.6. The van der Waals surface area contributed by atoms with Crippen molar-refractivity contribution in [3.8, 4) is 0 Å². The van der Waals surface area contributed by atoms with Crippen LogP contribution in [-0.4, -0.2) is 16.1 Å². The molecule has 22 heavy (non-hydrogen) atoms. The molecule has 4 rings (SSSR count). The Kier molecular flexibility index (Phi) is 3.00. The molecule has 0 bridgehead atoms. The van der Waals surface area contributed by atoms with Crippen molar-refractivity contribution in [2.45, 2.75) is 25.2 Å². The van der Waals surface area contributed by atoms with E-state index in [9.17, 15) is 4.79 Å². The Morgan fingerprint density at radius 3 is 2.77 bits per heavy atom. The molecule has 1 unspecified atom stereocenters. The largest absolute Gasteiger partial charge is 0.477 e. The quantitative estimate of drug-likeness (QED) is 0.762. The van der Waals surface area contributed by atoms with Crippen molar-refractivity contribution in [2.75, 3.05) is 0 Å². The fraction of sp³-hybridized carbons (Fsp3) is 0.211. The highest BCUT2D eigenvalue weighted by molar-refractivity contribution is 5.86. The van der Waals surface area contributed by atoms with Crippen molar-refractivity contribution in [1.82, 2.24) is 4.98 Å². The molecule has 1 aliphatic carbocycles. The van der Waals surface area contributed by atoms with E-state index in [1.807, 2.05) is 6.07 Å². The van der Waals surface area contributed by atoms with Crippen molar-refractivity contribution >= 4 is 16.7 Å².